The van der Waals surface area contributed by atoms with Gasteiger partial charge in [0, 0.05) is 18.6 Å². The summed E-state index contributed by atoms with van der Waals surface area (Å²) >= 11 is 13.1. The normalized spacial score (nSPS) is 32.8. The molecule has 4 atom stereocenters. The van der Waals surface area contributed by atoms with E-state index in [0.717, 1.165) is 12.8 Å². The first-order chi connectivity index (χ1) is 9.10. The Labute approximate surface area is 125 Å². The molecule has 3 rings (SSSR count). The van der Waals surface area contributed by atoms with E-state index in [1.54, 1.807) is 6.07 Å². The summed E-state index contributed by atoms with van der Waals surface area (Å²) in [5.41, 5.74) is 0.441. The molecule has 6 heteroatoms. The minimum atomic E-state index is -0.177. The van der Waals surface area contributed by atoms with Crippen LogP contribution < -0.4 is 5.32 Å². The molecule has 104 valence electrons. The fraction of sp³-hybridized carbons (Fsp3) is 0.615. The Hall–Kier alpha value is -0.290. The summed E-state index contributed by atoms with van der Waals surface area (Å²) in [5, 5.41) is 12.6. The van der Waals surface area contributed by atoms with Crippen LogP contribution in [0.25, 0.3) is 0 Å². The summed E-state index contributed by atoms with van der Waals surface area (Å²) in [6, 6.07) is 1.68. The number of hydrogen-bond donors (Lipinski definition) is 2. The van der Waals surface area contributed by atoms with Crippen molar-refractivity contribution in [3.8, 4) is 0 Å². The molecule has 2 aliphatic carbocycles. The zero-order valence-corrected chi connectivity index (χ0v) is 12.6. The van der Waals surface area contributed by atoms with Crippen LogP contribution in [0.3, 0.4) is 0 Å². The highest BCUT2D eigenvalue weighted by Crippen LogP contribution is 2.48. The molecule has 2 aliphatic rings. The van der Waals surface area contributed by atoms with Crippen molar-refractivity contribution >= 4 is 40.4 Å². The number of hydrogen-bond acceptors (Lipinski definition) is 3. The third kappa shape index (κ3) is 2.40. The van der Waals surface area contributed by atoms with Crippen molar-refractivity contribution in [3.05, 3.63) is 20.3 Å². The van der Waals surface area contributed by atoms with Crippen LogP contribution in [-0.4, -0.2) is 23.7 Å². The van der Waals surface area contributed by atoms with Crippen LogP contribution in [-0.2, 0) is 0 Å². The number of rotatable bonds is 3. The molecule has 1 heterocycles. The SMILES string of the molecule is O=C(NC1C2CCC(C2)C1CO)c1cc(Cl)sc1Cl. The fourth-order valence-electron chi connectivity index (χ4n) is 3.62. The molecule has 3 nitrogen and oxygen atoms in total. The first-order valence-electron chi connectivity index (χ1n) is 6.46. The smallest absolute Gasteiger partial charge is 0.253 e. The van der Waals surface area contributed by atoms with Crippen LogP contribution in [0, 0.1) is 17.8 Å². The lowest BCUT2D eigenvalue weighted by molar-refractivity contribution is 0.0862. The maximum absolute atomic E-state index is 12.2. The molecule has 0 saturated heterocycles. The van der Waals surface area contributed by atoms with Crippen molar-refractivity contribution in [2.45, 2.75) is 25.3 Å². The van der Waals surface area contributed by atoms with Crippen LogP contribution in [0.4, 0.5) is 0 Å². The maximum Gasteiger partial charge on any atom is 0.253 e. The summed E-state index contributed by atoms with van der Waals surface area (Å²) in [4.78, 5) is 12.2. The monoisotopic (exact) mass is 319 g/mol. The highest BCUT2D eigenvalue weighted by molar-refractivity contribution is 7.20. The lowest BCUT2D eigenvalue weighted by Crippen LogP contribution is -2.45. The van der Waals surface area contributed by atoms with Crippen molar-refractivity contribution in [3.63, 3.8) is 0 Å². The van der Waals surface area contributed by atoms with Gasteiger partial charge in [-0.25, -0.2) is 0 Å². The molecule has 0 aromatic carbocycles. The van der Waals surface area contributed by atoms with Gasteiger partial charge in [-0.15, -0.1) is 11.3 Å². The van der Waals surface area contributed by atoms with Crippen LogP contribution in [0.1, 0.15) is 29.6 Å². The average molecular weight is 320 g/mol. The van der Waals surface area contributed by atoms with E-state index in [9.17, 15) is 9.90 Å². The number of nitrogens with one attached hydrogen (secondary N) is 1. The Balaban J connectivity index is 1.74. The van der Waals surface area contributed by atoms with Crippen molar-refractivity contribution < 1.29 is 9.90 Å². The van der Waals surface area contributed by atoms with Crippen LogP contribution in [0.15, 0.2) is 6.07 Å². The second kappa shape index (κ2) is 5.24. The highest BCUT2D eigenvalue weighted by atomic mass is 35.5. The standard InChI is InChI=1S/C13H15Cl2NO2S/c14-10-4-8(12(15)19-10)13(18)16-11-7-2-1-6(3-7)9(11)5-17/h4,6-7,9,11,17H,1-3,5H2,(H,16,18). The van der Waals surface area contributed by atoms with Gasteiger partial charge in [0.05, 0.1) is 9.90 Å². The predicted octanol–water partition coefficient (Wildman–Crippen LogP) is 3.19. The molecule has 1 aromatic rings. The maximum atomic E-state index is 12.2. The van der Waals surface area contributed by atoms with Gasteiger partial charge in [0.15, 0.2) is 0 Å². The number of halogens is 2. The third-order valence-corrected chi connectivity index (χ3v) is 5.99. The number of carbonyl (C=O) groups excluding carboxylic acids is 1. The second-order valence-corrected chi connectivity index (χ2v) is 7.70. The van der Waals surface area contributed by atoms with Crippen LogP contribution in [0.2, 0.25) is 8.67 Å². The number of aliphatic hydroxyl groups excluding tert-OH is 1. The first-order valence-corrected chi connectivity index (χ1v) is 8.04. The minimum Gasteiger partial charge on any atom is -0.396 e. The van der Waals surface area contributed by atoms with Gasteiger partial charge in [0.25, 0.3) is 5.91 Å². The van der Waals surface area contributed by atoms with E-state index in [0.29, 0.717) is 26.1 Å². The van der Waals surface area contributed by atoms with Gasteiger partial charge in [0.1, 0.15) is 4.34 Å². The fourth-order valence-corrected chi connectivity index (χ4v) is 5.08. The molecule has 2 saturated carbocycles. The Morgan fingerprint density at radius 2 is 2.16 bits per heavy atom. The second-order valence-electron chi connectivity index (χ2n) is 5.42. The summed E-state index contributed by atoms with van der Waals surface area (Å²) < 4.78 is 0.938. The molecule has 2 bridgehead atoms. The van der Waals surface area contributed by atoms with Crippen molar-refractivity contribution in [1.29, 1.82) is 0 Å². The predicted molar refractivity (Wildman–Crippen MR) is 77.0 cm³/mol. The minimum absolute atomic E-state index is 0.0750. The molecule has 2 N–H and O–H groups in total. The average Bonchev–Trinajstić information content (AvgIpc) is 3.03. The number of thiophene rings is 1. The Kier molecular flexibility index (Phi) is 3.78. The molecule has 0 radical (unpaired) electrons. The van der Waals surface area contributed by atoms with E-state index < -0.39 is 0 Å². The molecule has 0 spiro atoms. The first kappa shape index (κ1) is 13.7. The van der Waals surface area contributed by atoms with Gasteiger partial charge in [-0.3, -0.25) is 4.79 Å². The van der Waals surface area contributed by atoms with E-state index in [-0.39, 0.29) is 24.5 Å². The van der Waals surface area contributed by atoms with E-state index in [1.165, 1.54) is 17.8 Å². The molecule has 1 amide bonds. The van der Waals surface area contributed by atoms with Crippen LogP contribution >= 0.6 is 34.5 Å². The Morgan fingerprint density at radius 3 is 2.79 bits per heavy atom. The molecule has 4 unspecified atom stereocenters. The van der Waals surface area contributed by atoms with E-state index in [4.69, 9.17) is 23.2 Å². The molecular weight excluding hydrogens is 305 g/mol. The van der Waals surface area contributed by atoms with Gasteiger partial charge in [-0.05, 0) is 37.2 Å². The quantitative estimate of drug-likeness (QED) is 0.898. The number of carbonyl (C=O) groups is 1. The highest BCUT2D eigenvalue weighted by Gasteiger charge is 2.47. The third-order valence-electron chi connectivity index (χ3n) is 4.50. The van der Waals surface area contributed by atoms with Gasteiger partial charge >= 0.3 is 0 Å². The summed E-state index contributed by atoms with van der Waals surface area (Å²) in [6.07, 6.45) is 3.44. The number of fused-ring (bicyclic) bond motifs is 2. The van der Waals surface area contributed by atoms with Gasteiger partial charge < -0.3 is 10.4 Å². The molecular formula is C13H15Cl2NO2S. The zero-order valence-electron chi connectivity index (χ0n) is 10.2. The zero-order chi connectivity index (χ0) is 13.6. The molecule has 2 fully saturated rings. The topological polar surface area (TPSA) is 49.3 Å². The number of aliphatic hydroxyl groups is 1. The Bertz CT molecular complexity index is 505. The van der Waals surface area contributed by atoms with E-state index >= 15 is 0 Å². The summed E-state index contributed by atoms with van der Waals surface area (Å²) in [7, 11) is 0. The van der Waals surface area contributed by atoms with Gasteiger partial charge in [-0.1, -0.05) is 23.2 Å². The summed E-state index contributed by atoms with van der Waals surface area (Å²) in [6.45, 7) is 0.143. The van der Waals surface area contributed by atoms with E-state index in [2.05, 4.69) is 5.32 Å². The van der Waals surface area contributed by atoms with Gasteiger partial charge in [-0.2, -0.15) is 0 Å². The molecule has 1 aromatic heterocycles. The molecule has 19 heavy (non-hydrogen) atoms. The van der Waals surface area contributed by atoms with Crippen LogP contribution in [0.5, 0.6) is 0 Å². The van der Waals surface area contributed by atoms with Crippen molar-refractivity contribution in [2.24, 2.45) is 17.8 Å². The molecule has 0 aliphatic heterocycles. The lowest BCUT2D eigenvalue weighted by atomic mass is 9.85. The number of amides is 1. The Morgan fingerprint density at radius 1 is 1.42 bits per heavy atom. The van der Waals surface area contributed by atoms with Crippen molar-refractivity contribution in [2.75, 3.05) is 6.61 Å². The van der Waals surface area contributed by atoms with E-state index in [1.807, 2.05) is 0 Å². The largest absolute Gasteiger partial charge is 0.396 e. The summed E-state index contributed by atoms with van der Waals surface area (Å²) in [5.74, 6) is 1.07. The van der Waals surface area contributed by atoms with Gasteiger partial charge in [0.2, 0.25) is 0 Å². The van der Waals surface area contributed by atoms with Crippen molar-refractivity contribution in [1.82, 2.24) is 5.32 Å². The lowest BCUT2D eigenvalue weighted by Gasteiger charge is -2.30.